The first-order valence-corrected chi connectivity index (χ1v) is 6.08. The van der Waals surface area contributed by atoms with Gasteiger partial charge in [-0.15, -0.1) is 0 Å². The Labute approximate surface area is 103 Å². The first-order valence-electron chi connectivity index (χ1n) is 6.08. The van der Waals surface area contributed by atoms with E-state index in [2.05, 4.69) is 29.2 Å². The molecule has 0 spiro atoms. The molecular formula is C14H20N2O. The van der Waals surface area contributed by atoms with Crippen LogP contribution in [0.2, 0.25) is 0 Å². The van der Waals surface area contributed by atoms with E-state index < -0.39 is 0 Å². The average molecular weight is 232 g/mol. The quantitative estimate of drug-likeness (QED) is 0.792. The van der Waals surface area contributed by atoms with Gasteiger partial charge in [-0.05, 0) is 31.0 Å². The molecule has 0 aliphatic heterocycles. The first kappa shape index (κ1) is 12.1. The molecule has 17 heavy (non-hydrogen) atoms. The van der Waals surface area contributed by atoms with E-state index in [0.29, 0.717) is 12.6 Å². The Bertz CT molecular complexity index is 414. The van der Waals surface area contributed by atoms with Crippen molar-refractivity contribution in [1.82, 2.24) is 9.80 Å². The normalized spacial score (nSPS) is 18.2. The molecule has 0 saturated carbocycles. The SMILES string of the molecule is CN(C)C(=O)CN(C)[C@H]1CCc2ccccc21. The van der Waals surface area contributed by atoms with Crippen molar-refractivity contribution in [3.05, 3.63) is 35.4 Å². The van der Waals surface area contributed by atoms with E-state index in [4.69, 9.17) is 0 Å². The fourth-order valence-electron chi connectivity index (χ4n) is 2.46. The standard InChI is InChI=1S/C14H20N2O/c1-15(2)14(17)10-16(3)13-9-8-11-6-4-5-7-12(11)13/h4-7,13H,8-10H2,1-3H3/t13-/m0/s1. The van der Waals surface area contributed by atoms with Crippen LogP contribution in [0.25, 0.3) is 0 Å². The highest BCUT2D eigenvalue weighted by Gasteiger charge is 2.26. The number of amides is 1. The largest absolute Gasteiger partial charge is 0.348 e. The highest BCUT2D eigenvalue weighted by Crippen LogP contribution is 2.34. The molecule has 1 aliphatic carbocycles. The van der Waals surface area contributed by atoms with Crippen molar-refractivity contribution < 1.29 is 4.79 Å². The van der Waals surface area contributed by atoms with Gasteiger partial charge in [0.05, 0.1) is 6.54 Å². The van der Waals surface area contributed by atoms with Gasteiger partial charge in [0, 0.05) is 20.1 Å². The topological polar surface area (TPSA) is 23.6 Å². The third-order valence-corrected chi connectivity index (χ3v) is 3.52. The Morgan fingerprint density at radius 2 is 2.00 bits per heavy atom. The number of hydrogen-bond donors (Lipinski definition) is 0. The number of hydrogen-bond acceptors (Lipinski definition) is 2. The molecular weight excluding hydrogens is 212 g/mol. The number of rotatable bonds is 3. The van der Waals surface area contributed by atoms with Crippen molar-refractivity contribution >= 4 is 5.91 Å². The summed E-state index contributed by atoms with van der Waals surface area (Å²) in [7, 11) is 5.64. The van der Waals surface area contributed by atoms with Crippen LogP contribution in [0.1, 0.15) is 23.6 Å². The fourth-order valence-corrected chi connectivity index (χ4v) is 2.46. The minimum atomic E-state index is 0.164. The Hall–Kier alpha value is -1.35. The molecule has 0 unspecified atom stereocenters. The van der Waals surface area contributed by atoms with Gasteiger partial charge in [0.15, 0.2) is 0 Å². The van der Waals surface area contributed by atoms with E-state index in [1.54, 1.807) is 19.0 Å². The Balaban J connectivity index is 2.07. The second-order valence-electron chi connectivity index (χ2n) is 4.96. The zero-order valence-electron chi connectivity index (χ0n) is 10.8. The molecule has 3 nitrogen and oxygen atoms in total. The minimum Gasteiger partial charge on any atom is -0.348 e. The van der Waals surface area contributed by atoms with Crippen molar-refractivity contribution in [1.29, 1.82) is 0 Å². The number of carbonyl (C=O) groups is 1. The summed E-state index contributed by atoms with van der Waals surface area (Å²) in [5.41, 5.74) is 2.82. The van der Waals surface area contributed by atoms with Gasteiger partial charge in [-0.1, -0.05) is 24.3 Å². The van der Waals surface area contributed by atoms with Gasteiger partial charge in [-0.25, -0.2) is 0 Å². The number of nitrogens with zero attached hydrogens (tertiary/aromatic N) is 2. The maximum absolute atomic E-state index is 11.7. The van der Waals surface area contributed by atoms with E-state index >= 15 is 0 Å². The molecule has 0 fully saturated rings. The third-order valence-electron chi connectivity index (χ3n) is 3.52. The number of benzene rings is 1. The van der Waals surface area contributed by atoms with Gasteiger partial charge < -0.3 is 4.90 Å². The van der Waals surface area contributed by atoms with Gasteiger partial charge in [-0.3, -0.25) is 9.69 Å². The van der Waals surface area contributed by atoms with E-state index in [1.807, 2.05) is 7.05 Å². The summed E-state index contributed by atoms with van der Waals surface area (Å²) in [5.74, 6) is 0.164. The molecule has 0 bridgehead atoms. The van der Waals surface area contributed by atoms with Crippen LogP contribution in [-0.4, -0.2) is 43.4 Å². The van der Waals surface area contributed by atoms with E-state index in [9.17, 15) is 4.79 Å². The third kappa shape index (κ3) is 2.50. The molecule has 1 aromatic rings. The molecule has 2 rings (SSSR count). The molecule has 1 atom stereocenters. The van der Waals surface area contributed by atoms with Crippen LogP contribution in [-0.2, 0) is 11.2 Å². The summed E-state index contributed by atoms with van der Waals surface area (Å²) in [5, 5.41) is 0. The monoisotopic (exact) mass is 232 g/mol. The Kier molecular flexibility index (Phi) is 3.48. The zero-order valence-corrected chi connectivity index (χ0v) is 10.8. The first-order chi connectivity index (χ1) is 8.09. The predicted molar refractivity (Wildman–Crippen MR) is 68.8 cm³/mol. The number of aryl methyl sites for hydroxylation is 1. The molecule has 0 saturated heterocycles. The maximum atomic E-state index is 11.7. The van der Waals surface area contributed by atoms with Crippen molar-refractivity contribution in [2.75, 3.05) is 27.7 Å². The average Bonchev–Trinajstić information content (AvgIpc) is 2.72. The van der Waals surface area contributed by atoms with Crippen LogP contribution in [0.4, 0.5) is 0 Å². The zero-order chi connectivity index (χ0) is 12.4. The predicted octanol–water partition coefficient (Wildman–Crippen LogP) is 1.69. The van der Waals surface area contributed by atoms with E-state index in [0.717, 1.165) is 12.8 Å². The van der Waals surface area contributed by atoms with Gasteiger partial charge in [0.25, 0.3) is 0 Å². The van der Waals surface area contributed by atoms with E-state index in [1.165, 1.54) is 11.1 Å². The van der Waals surface area contributed by atoms with Crippen LogP contribution in [0.15, 0.2) is 24.3 Å². The number of likely N-dealkylation sites (N-methyl/N-ethyl adjacent to an activating group) is 2. The molecule has 0 heterocycles. The van der Waals surface area contributed by atoms with Crippen molar-refractivity contribution in [2.45, 2.75) is 18.9 Å². The lowest BCUT2D eigenvalue weighted by Gasteiger charge is -2.25. The number of fused-ring (bicyclic) bond motifs is 1. The molecule has 0 radical (unpaired) electrons. The second kappa shape index (κ2) is 4.88. The smallest absolute Gasteiger partial charge is 0.236 e. The lowest BCUT2D eigenvalue weighted by atomic mass is 10.1. The van der Waals surface area contributed by atoms with Crippen LogP contribution in [0.5, 0.6) is 0 Å². The van der Waals surface area contributed by atoms with Crippen LogP contribution < -0.4 is 0 Å². The summed E-state index contributed by atoms with van der Waals surface area (Å²) in [6.07, 6.45) is 2.25. The summed E-state index contributed by atoms with van der Waals surface area (Å²) >= 11 is 0. The molecule has 92 valence electrons. The van der Waals surface area contributed by atoms with Gasteiger partial charge in [0.1, 0.15) is 0 Å². The van der Waals surface area contributed by atoms with Gasteiger partial charge in [-0.2, -0.15) is 0 Å². The minimum absolute atomic E-state index is 0.164. The lowest BCUT2D eigenvalue weighted by molar-refractivity contribution is -0.130. The Morgan fingerprint density at radius 1 is 1.29 bits per heavy atom. The molecule has 1 amide bonds. The summed E-state index contributed by atoms with van der Waals surface area (Å²) < 4.78 is 0. The van der Waals surface area contributed by atoms with Crippen LogP contribution in [0.3, 0.4) is 0 Å². The second-order valence-corrected chi connectivity index (χ2v) is 4.96. The van der Waals surface area contributed by atoms with E-state index in [-0.39, 0.29) is 5.91 Å². The highest BCUT2D eigenvalue weighted by molar-refractivity contribution is 5.77. The highest BCUT2D eigenvalue weighted by atomic mass is 16.2. The molecule has 1 aliphatic rings. The molecule has 0 N–H and O–H groups in total. The fraction of sp³-hybridized carbons (Fsp3) is 0.500. The molecule has 0 aromatic heterocycles. The Morgan fingerprint density at radius 3 is 2.71 bits per heavy atom. The molecule has 3 heteroatoms. The summed E-state index contributed by atoms with van der Waals surface area (Å²) in [4.78, 5) is 15.5. The van der Waals surface area contributed by atoms with Crippen molar-refractivity contribution in [3.8, 4) is 0 Å². The maximum Gasteiger partial charge on any atom is 0.236 e. The van der Waals surface area contributed by atoms with Gasteiger partial charge >= 0.3 is 0 Å². The lowest BCUT2D eigenvalue weighted by Crippen LogP contribution is -2.35. The van der Waals surface area contributed by atoms with Crippen molar-refractivity contribution in [2.24, 2.45) is 0 Å². The van der Waals surface area contributed by atoms with Crippen LogP contribution in [0, 0.1) is 0 Å². The summed E-state index contributed by atoms with van der Waals surface area (Å²) in [6, 6.07) is 8.95. The van der Waals surface area contributed by atoms with Crippen LogP contribution >= 0.6 is 0 Å². The van der Waals surface area contributed by atoms with Gasteiger partial charge in [0.2, 0.25) is 5.91 Å². The summed E-state index contributed by atoms with van der Waals surface area (Å²) in [6.45, 7) is 0.492. The van der Waals surface area contributed by atoms with Crippen molar-refractivity contribution in [3.63, 3.8) is 0 Å². The molecule has 1 aromatic carbocycles. The number of carbonyl (C=O) groups excluding carboxylic acids is 1.